The minimum atomic E-state index is -2.97. The summed E-state index contributed by atoms with van der Waals surface area (Å²) in [5, 5.41) is 0. The summed E-state index contributed by atoms with van der Waals surface area (Å²) in [5.41, 5.74) is 1.03. The first kappa shape index (κ1) is 16.0. The minimum absolute atomic E-state index is 0.239. The number of hydrogen-bond donors (Lipinski definition) is 0. The summed E-state index contributed by atoms with van der Waals surface area (Å²) in [5.74, 6) is 1.08. The molecule has 1 aliphatic rings. The lowest BCUT2D eigenvalue weighted by Crippen LogP contribution is -2.52. The van der Waals surface area contributed by atoms with E-state index in [1.165, 1.54) is 0 Å². The number of hydrogen-bond acceptors (Lipinski definition) is 4. The molecule has 0 saturated carbocycles. The van der Waals surface area contributed by atoms with Gasteiger partial charge >= 0.3 is 0 Å². The molecule has 0 spiro atoms. The SMILES string of the molecule is COc1ccccc1/C=C/CN1CCS(=O)(=O)C(C)(C)C1. The standard InChI is InChI=1S/C16H23NO3S/c1-16(2)13-17(11-12-21(16,18)19)10-6-8-14-7-4-5-9-15(14)20-3/h4-9H,10-13H2,1-3H3/b8-6+. The van der Waals surface area contributed by atoms with E-state index in [1.807, 2.05) is 30.3 Å². The number of ether oxygens (including phenoxy) is 1. The molecule has 4 nitrogen and oxygen atoms in total. The third-order valence-corrected chi connectivity index (χ3v) is 6.46. The Hall–Kier alpha value is -1.33. The number of nitrogens with zero attached hydrogens (tertiary/aromatic N) is 1. The Morgan fingerprint density at radius 1 is 1.33 bits per heavy atom. The Bertz CT molecular complexity index is 620. The summed E-state index contributed by atoms with van der Waals surface area (Å²) in [6.45, 7) is 5.53. The van der Waals surface area contributed by atoms with Gasteiger partial charge in [0.05, 0.1) is 17.6 Å². The second-order valence-electron chi connectivity index (χ2n) is 5.96. The smallest absolute Gasteiger partial charge is 0.157 e. The lowest BCUT2D eigenvalue weighted by atomic mass is 10.1. The van der Waals surface area contributed by atoms with Crippen LogP contribution in [0.4, 0.5) is 0 Å². The fourth-order valence-corrected chi connectivity index (χ4v) is 3.96. The average Bonchev–Trinajstić information content (AvgIpc) is 2.43. The van der Waals surface area contributed by atoms with Gasteiger partial charge < -0.3 is 4.74 Å². The molecule has 1 heterocycles. The number of benzene rings is 1. The van der Waals surface area contributed by atoms with Gasteiger partial charge in [-0.25, -0.2) is 8.42 Å². The fraction of sp³-hybridized carbons (Fsp3) is 0.500. The summed E-state index contributed by atoms with van der Waals surface area (Å²) in [4.78, 5) is 2.17. The van der Waals surface area contributed by atoms with Crippen molar-refractivity contribution in [3.05, 3.63) is 35.9 Å². The predicted molar refractivity (Wildman–Crippen MR) is 86.3 cm³/mol. The molecule has 0 unspecified atom stereocenters. The predicted octanol–water partition coefficient (Wildman–Crippen LogP) is 2.22. The number of para-hydroxylation sites is 1. The van der Waals surface area contributed by atoms with Crippen LogP contribution in [-0.2, 0) is 9.84 Å². The fourth-order valence-electron chi connectivity index (χ4n) is 2.53. The Labute approximate surface area is 127 Å². The van der Waals surface area contributed by atoms with Crippen molar-refractivity contribution >= 4 is 15.9 Å². The first-order valence-corrected chi connectivity index (χ1v) is 8.75. The van der Waals surface area contributed by atoms with Crippen molar-refractivity contribution in [2.45, 2.75) is 18.6 Å². The number of rotatable bonds is 4. The summed E-state index contributed by atoms with van der Waals surface area (Å²) >= 11 is 0. The van der Waals surface area contributed by atoms with E-state index in [0.717, 1.165) is 17.9 Å². The second kappa shape index (κ2) is 6.20. The first-order chi connectivity index (χ1) is 9.86. The zero-order chi connectivity index (χ0) is 15.5. The van der Waals surface area contributed by atoms with Crippen LogP contribution in [0.15, 0.2) is 30.3 Å². The van der Waals surface area contributed by atoms with Crippen molar-refractivity contribution in [1.29, 1.82) is 0 Å². The quantitative estimate of drug-likeness (QED) is 0.855. The van der Waals surface area contributed by atoms with Crippen LogP contribution in [0.1, 0.15) is 19.4 Å². The molecule has 1 fully saturated rings. The van der Waals surface area contributed by atoms with Gasteiger partial charge in [0, 0.05) is 25.2 Å². The van der Waals surface area contributed by atoms with Gasteiger partial charge in [0.2, 0.25) is 0 Å². The maximum Gasteiger partial charge on any atom is 0.157 e. The molecule has 0 aliphatic carbocycles. The average molecular weight is 309 g/mol. The molecular weight excluding hydrogens is 286 g/mol. The molecule has 2 rings (SSSR count). The van der Waals surface area contributed by atoms with Gasteiger partial charge in [0.1, 0.15) is 5.75 Å². The molecule has 1 aromatic rings. The third-order valence-electron chi connectivity index (χ3n) is 3.92. The third kappa shape index (κ3) is 3.66. The molecule has 0 N–H and O–H groups in total. The van der Waals surface area contributed by atoms with Gasteiger partial charge in [0.25, 0.3) is 0 Å². The van der Waals surface area contributed by atoms with Crippen molar-refractivity contribution in [2.75, 3.05) is 32.5 Å². The van der Waals surface area contributed by atoms with Crippen LogP contribution >= 0.6 is 0 Å². The molecule has 0 radical (unpaired) electrons. The van der Waals surface area contributed by atoms with Crippen molar-refractivity contribution in [3.63, 3.8) is 0 Å². The molecule has 0 aromatic heterocycles. The van der Waals surface area contributed by atoms with Crippen LogP contribution in [0.3, 0.4) is 0 Å². The van der Waals surface area contributed by atoms with Gasteiger partial charge in [0.15, 0.2) is 9.84 Å². The molecule has 1 aromatic carbocycles. The van der Waals surface area contributed by atoms with E-state index in [4.69, 9.17) is 4.74 Å². The Kier molecular flexibility index (Phi) is 4.74. The van der Waals surface area contributed by atoms with Gasteiger partial charge in [-0.05, 0) is 19.9 Å². The van der Waals surface area contributed by atoms with E-state index in [2.05, 4.69) is 11.0 Å². The highest BCUT2D eigenvalue weighted by Gasteiger charge is 2.39. The Balaban J connectivity index is 1.99. The molecular formula is C16H23NO3S. The first-order valence-electron chi connectivity index (χ1n) is 7.10. The van der Waals surface area contributed by atoms with E-state index < -0.39 is 14.6 Å². The van der Waals surface area contributed by atoms with Crippen molar-refractivity contribution in [3.8, 4) is 5.75 Å². The molecule has 0 amide bonds. The van der Waals surface area contributed by atoms with E-state index in [1.54, 1.807) is 21.0 Å². The number of sulfone groups is 1. The molecule has 1 aliphatic heterocycles. The second-order valence-corrected chi connectivity index (χ2v) is 8.70. The summed E-state index contributed by atoms with van der Waals surface area (Å²) in [6.07, 6.45) is 4.08. The van der Waals surface area contributed by atoms with Crippen LogP contribution in [-0.4, -0.2) is 50.6 Å². The van der Waals surface area contributed by atoms with Crippen LogP contribution in [0.5, 0.6) is 5.75 Å². The summed E-state index contributed by atoms with van der Waals surface area (Å²) < 4.78 is 28.6. The van der Waals surface area contributed by atoms with E-state index >= 15 is 0 Å². The largest absolute Gasteiger partial charge is 0.496 e. The maximum atomic E-state index is 12.0. The Morgan fingerprint density at radius 3 is 2.71 bits per heavy atom. The summed E-state index contributed by atoms with van der Waals surface area (Å²) in [7, 11) is -1.31. The van der Waals surface area contributed by atoms with E-state index in [0.29, 0.717) is 13.1 Å². The molecule has 1 saturated heterocycles. The lowest BCUT2D eigenvalue weighted by Gasteiger charge is -2.37. The van der Waals surface area contributed by atoms with Crippen LogP contribution < -0.4 is 4.74 Å². The van der Waals surface area contributed by atoms with Crippen LogP contribution in [0.2, 0.25) is 0 Å². The Morgan fingerprint density at radius 2 is 2.05 bits per heavy atom. The highest BCUT2D eigenvalue weighted by molar-refractivity contribution is 7.92. The van der Waals surface area contributed by atoms with Gasteiger partial charge in [-0.2, -0.15) is 0 Å². The van der Waals surface area contributed by atoms with Gasteiger partial charge in [-0.1, -0.05) is 30.4 Å². The zero-order valence-electron chi connectivity index (χ0n) is 12.9. The van der Waals surface area contributed by atoms with Crippen molar-refractivity contribution in [1.82, 2.24) is 4.90 Å². The molecule has 21 heavy (non-hydrogen) atoms. The van der Waals surface area contributed by atoms with Crippen molar-refractivity contribution in [2.24, 2.45) is 0 Å². The molecule has 0 atom stereocenters. The molecule has 116 valence electrons. The zero-order valence-corrected chi connectivity index (χ0v) is 13.7. The monoisotopic (exact) mass is 309 g/mol. The van der Waals surface area contributed by atoms with E-state index in [-0.39, 0.29) is 5.75 Å². The molecule has 5 heteroatoms. The van der Waals surface area contributed by atoms with Gasteiger partial charge in [-0.3, -0.25) is 4.90 Å². The van der Waals surface area contributed by atoms with Crippen LogP contribution in [0, 0.1) is 0 Å². The summed E-state index contributed by atoms with van der Waals surface area (Å²) in [6, 6.07) is 7.84. The number of methoxy groups -OCH3 is 1. The van der Waals surface area contributed by atoms with Crippen LogP contribution in [0.25, 0.3) is 6.08 Å². The van der Waals surface area contributed by atoms with Crippen molar-refractivity contribution < 1.29 is 13.2 Å². The van der Waals surface area contributed by atoms with Gasteiger partial charge in [-0.15, -0.1) is 0 Å². The highest BCUT2D eigenvalue weighted by Crippen LogP contribution is 2.24. The maximum absolute atomic E-state index is 12.0. The lowest BCUT2D eigenvalue weighted by molar-refractivity contribution is 0.274. The minimum Gasteiger partial charge on any atom is -0.496 e. The molecule has 0 bridgehead atoms. The highest BCUT2D eigenvalue weighted by atomic mass is 32.2. The normalized spacial score (nSPS) is 21.5. The topological polar surface area (TPSA) is 46.6 Å². The van der Waals surface area contributed by atoms with E-state index in [9.17, 15) is 8.42 Å².